The molecule has 1 saturated heterocycles. The molecule has 1 fully saturated rings. The average molecular weight is 383 g/mol. The molecule has 1 atom stereocenters. The molecule has 1 aliphatic heterocycles. The summed E-state index contributed by atoms with van der Waals surface area (Å²) in [6.45, 7) is 6.41. The van der Waals surface area contributed by atoms with E-state index in [9.17, 15) is 4.79 Å². The molecule has 3 rings (SSSR count). The lowest BCUT2D eigenvalue weighted by Crippen LogP contribution is -2.16. The van der Waals surface area contributed by atoms with E-state index in [-0.39, 0.29) is 12.0 Å². The van der Waals surface area contributed by atoms with Crippen LogP contribution in [0.1, 0.15) is 43.5 Å². The summed E-state index contributed by atoms with van der Waals surface area (Å²) in [4.78, 5) is 12.4. The highest BCUT2D eigenvalue weighted by Crippen LogP contribution is 2.20. The van der Waals surface area contributed by atoms with Gasteiger partial charge in [0, 0.05) is 17.9 Å². The maximum atomic E-state index is 12.4. The molecular formula is C23H29NO4. The Labute approximate surface area is 167 Å². The maximum Gasteiger partial charge on any atom is 0.255 e. The largest absolute Gasteiger partial charge is 0.494 e. The number of carbonyl (C=O) groups is 1. The Balaban J connectivity index is 1.47. The topological polar surface area (TPSA) is 56.8 Å². The Kier molecular flexibility index (Phi) is 7.31. The monoisotopic (exact) mass is 383 g/mol. The van der Waals surface area contributed by atoms with E-state index < -0.39 is 0 Å². The molecule has 1 amide bonds. The molecule has 2 aromatic rings. The lowest BCUT2D eigenvalue weighted by atomic mass is 10.1. The van der Waals surface area contributed by atoms with Crippen molar-refractivity contribution in [1.82, 2.24) is 0 Å². The molecule has 0 spiro atoms. The Morgan fingerprint density at radius 3 is 2.39 bits per heavy atom. The molecule has 1 N–H and O–H groups in total. The predicted molar refractivity (Wildman–Crippen MR) is 110 cm³/mol. The van der Waals surface area contributed by atoms with E-state index in [0.717, 1.165) is 43.1 Å². The molecule has 0 aromatic heterocycles. The fraction of sp³-hybridized carbons (Fsp3) is 0.435. The fourth-order valence-electron chi connectivity index (χ4n) is 2.92. The van der Waals surface area contributed by atoms with Crippen LogP contribution in [0.5, 0.6) is 11.5 Å². The van der Waals surface area contributed by atoms with Crippen molar-refractivity contribution in [3.05, 3.63) is 54.1 Å². The molecule has 28 heavy (non-hydrogen) atoms. The normalized spacial score (nSPS) is 16.2. The zero-order valence-electron chi connectivity index (χ0n) is 16.6. The molecular weight excluding hydrogens is 354 g/mol. The molecule has 1 aliphatic rings. The third-order valence-electron chi connectivity index (χ3n) is 4.65. The summed E-state index contributed by atoms with van der Waals surface area (Å²) in [5.41, 5.74) is 1.32. The third kappa shape index (κ3) is 6.27. The summed E-state index contributed by atoms with van der Waals surface area (Å²) >= 11 is 0. The Morgan fingerprint density at radius 1 is 1.07 bits per heavy atom. The van der Waals surface area contributed by atoms with Gasteiger partial charge < -0.3 is 19.5 Å². The van der Waals surface area contributed by atoms with Gasteiger partial charge in [-0.3, -0.25) is 4.79 Å². The number of carbonyl (C=O) groups excluding carboxylic acids is 1. The zero-order chi connectivity index (χ0) is 19.8. The van der Waals surface area contributed by atoms with Crippen LogP contribution < -0.4 is 14.8 Å². The van der Waals surface area contributed by atoms with Crippen LogP contribution in [-0.4, -0.2) is 31.8 Å². The molecule has 2 aromatic carbocycles. The number of amides is 1. The first-order valence-corrected chi connectivity index (χ1v) is 9.99. The van der Waals surface area contributed by atoms with Gasteiger partial charge in [-0.05, 0) is 73.7 Å². The van der Waals surface area contributed by atoms with Crippen molar-refractivity contribution in [3.8, 4) is 11.5 Å². The highest BCUT2D eigenvalue weighted by molar-refractivity contribution is 6.04. The number of benzene rings is 2. The molecule has 0 radical (unpaired) electrons. The number of hydrogen-bond acceptors (Lipinski definition) is 4. The minimum absolute atomic E-state index is 0.151. The quantitative estimate of drug-likeness (QED) is 0.668. The van der Waals surface area contributed by atoms with E-state index in [0.29, 0.717) is 24.7 Å². The maximum absolute atomic E-state index is 12.4. The number of hydrogen-bond donors (Lipinski definition) is 1. The first kappa shape index (κ1) is 20.2. The minimum atomic E-state index is -0.151. The zero-order valence-corrected chi connectivity index (χ0v) is 16.6. The molecule has 0 unspecified atom stereocenters. The van der Waals surface area contributed by atoms with Crippen LogP contribution in [0.3, 0.4) is 0 Å². The lowest BCUT2D eigenvalue weighted by molar-refractivity contribution is 0.0679. The molecule has 5 heteroatoms. The Bertz CT molecular complexity index is 734. The van der Waals surface area contributed by atoms with Crippen molar-refractivity contribution >= 4 is 11.6 Å². The number of rotatable bonds is 9. The third-order valence-corrected chi connectivity index (χ3v) is 4.65. The summed E-state index contributed by atoms with van der Waals surface area (Å²) in [5.74, 6) is 2.01. The van der Waals surface area contributed by atoms with Gasteiger partial charge in [0.2, 0.25) is 0 Å². The fourth-order valence-corrected chi connectivity index (χ4v) is 2.92. The van der Waals surface area contributed by atoms with E-state index in [1.165, 1.54) is 0 Å². The number of anilines is 1. The van der Waals surface area contributed by atoms with Crippen LogP contribution in [0.4, 0.5) is 5.69 Å². The van der Waals surface area contributed by atoms with Crippen LogP contribution in [0.2, 0.25) is 0 Å². The van der Waals surface area contributed by atoms with Crippen molar-refractivity contribution < 1.29 is 19.0 Å². The second-order valence-corrected chi connectivity index (χ2v) is 7.48. The van der Waals surface area contributed by atoms with Gasteiger partial charge in [0.05, 0.1) is 12.7 Å². The van der Waals surface area contributed by atoms with E-state index in [4.69, 9.17) is 14.2 Å². The van der Waals surface area contributed by atoms with Gasteiger partial charge in [-0.15, -0.1) is 0 Å². The lowest BCUT2D eigenvalue weighted by Gasteiger charge is -2.12. The first-order valence-electron chi connectivity index (χ1n) is 9.99. The van der Waals surface area contributed by atoms with E-state index in [1.54, 1.807) is 12.1 Å². The molecule has 150 valence electrons. The van der Waals surface area contributed by atoms with Crippen LogP contribution in [-0.2, 0) is 4.74 Å². The average Bonchev–Trinajstić information content (AvgIpc) is 3.21. The first-order chi connectivity index (χ1) is 13.6. The van der Waals surface area contributed by atoms with Crippen molar-refractivity contribution in [3.63, 3.8) is 0 Å². The van der Waals surface area contributed by atoms with Gasteiger partial charge >= 0.3 is 0 Å². The molecule has 0 bridgehead atoms. The van der Waals surface area contributed by atoms with Crippen molar-refractivity contribution in [1.29, 1.82) is 0 Å². The molecule has 0 saturated carbocycles. The van der Waals surface area contributed by atoms with E-state index in [2.05, 4.69) is 19.2 Å². The van der Waals surface area contributed by atoms with Crippen LogP contribution in [0, 0.1) is 5.92 Å². The highest BCUT2D eigenvalue weighted by atomic mass is 16.5. The second kappa shape index (κ2) is 10.1. The number of ether oxygens (including phenoxy) is 3. The highest BCUT2D eigenvalue weighted by Gasteiger charge is 2.16. The van der Waals surface area contributed by atoms with Gasteiger partial charge in [0.15, 0.2) is 0 Å². The Morgan fingerprint density at radius 2 is 1.75 bits per heavy atom. The summed E-state index contributed by atoms with van der Waals surface area (Å²) in [5, 5.41) is 2.90. The van der Waals surface area contributed by atoms with Crippen molar-refractivity contribution in [2.45, 2.75) is 39.2 Å². The van der Waals surface area contributed by atoms with Gasteiger partial charge in [0.1, 0.15) is 18.1 Å². The summed E-state index contributed by atoms with van der Waals surface area (Å²) in [6.07, 6.45) is 3.35. The Hall–Kier alpha value is -2.53. The summed E-state index contributed by atoms with van der Waals surface area (Å²) in [6, 6.07) is 14.6. The molecule has 5 nitrogen and oxygen atoms in total. The van der Waals surface area contributed by atoms with Gasteiger partial charge in [-0.1, -0.05) is 13.8 Å². The van der Waals surface area contributed by atoms with Gasteiger partial charge in [-0.2, -0.15) is 0 Å². The summed E-state index contributed by atoms with van der Waals surface area (Å²) < 4.78 is 17.0. The predicted octanol–water partition coefficient (Wildman–Crippen LogP) is 4.92. The van der Waals surface area contributed by atoms with Crippen LogP contribution >= 0.6 is 0 Å². The molecule has 1 heterocycles. The summed E-state index contributed by atoms with van der Waals surface area (Å²) in [7, 11) is 0. The number of nitrogens with one attached hydrogen (secondary N) is 1. The smallest absolute Gasteiger partial charge is 0.255 e. The van der Waals surface area contributed by atoms with Gasteiger partial charge in [-0.25, -0.2) is 0 Å². The van der Waals surface area contributed by atoms with Crippen molar-refractivity contribution in [2.24, 2.45) is 5.92 Å². The standard InChI is InChI=1S/C23H29NO4/c1-17(2)13-15-27-20-9-5-18(6-10-20)23(25)24-19-7-11-21(12-8-19)28-16-22-4-3-14-26-22/h5-12,17,22H,3-4,13-16H2,1-2H3,(H,24,25)/t22-/m1/s1. The SMILES string of the molecule is CC(C)CCOc1ccc(C(=O)Nc2ccc(OC[C@H]3CCCO3)cc2)cc1. The van der Waals surface area contributed by atoms with Crippen LogP contribution in [0.25, 0.3) is 0 Å². The van der Waals surface area contributed by atoms with E-state index >= 15 is 0 Å². The second-order valence-electron chi connectivity index (χ2n) is 7.48. The van der Waals surface area contributed by atoms with Crippen molar-refractivity contribution in [2.75, 3.05) is 25.1 Å². The van der Waals surface area contributed by atoms with E-state index in [1.807, 2.05) is 36.4 Å². The molecule has 0 aliphatic carbocycles. The van der Waals surface area contributed by atoms with Crippen LogP contribution in [0.15, 0.2) is 48.5 Å². The minimum Gasteiger partial charge on any atom is -0.494 e. The van der Waals surface area contributed by atoms with Gasteiger partial charge in [0.25, 0.3) is 5.91 Å².